The molecule has 8 heteroatoms. The largest absolute Gasteiger partial charge is 0.492 e. The fourth-order valence-electron chi connectivity index (χ4n) is 3.67. The van der Waals surface area contributed by atoms with Crippen LogP contribution in [-0.2, 0) is 0 Å². The van der Waals surface area contributed by atoms with Gasteiger partial charge in [-0.15, -0.1) is 0 Å². The summed E-state index contributed by atoms with van der Waals surface area (Å²) in [5, 5.41) is 14.8. The van der Waals surface area contributed by atoms with Crippen molar-refractivity contribution in [3.05, 3.63) is 65.7 Å². The molecule has 4 heterocycles. The lowest BCUT2D eigenvalue weighted by atomic mass is 10.1. The normalized spacial score (nSPS) is 16.8. The minimum Gasteiger partial charge on any atom is -0.492 e. The standard InChI is InChI=1S/C19H19N5O2S/c25-18-17(27-19-20-13-21-24(18)19)16(15-7-4-12-26-15)23-10-8-22(9-11-23)14-5-2-1-3-6-14/h1-7,12-13,16,25H,8-11H2/t16-/m0/s1. The second-order valence-electron chi connectivity index (χ2n) is 6.52. The van der Waals surface area contributed by atoms with Crippen molar-refractivity contribution in [1.82, 2.24) is 19.5 Å². The molecule has 0 spiro atoms. The molecule has 0 aliphatic carbocycles. The molecule has 1 aliphatic rings. The monoisotopic (exact) mass is 381 g/mol. The maximum Gasteiger partial charge on any atom is 0.230 e. The number of benzene rings is 1. The molecule has 0 radical (unpaired) electrons. The van der Waals surface area contributed by atoms with Crippen LogP contribution in [0.25, 0.3) is 4.96 Å². The van der Waals surface area contributed by atoms with E-state index in [0.717, 1.165) is 36.8 Å². The van der Waals surface area contributed by atoms with Crippen molar-refractivity contribution >= 4 is 22.0 Å². The number of nitrogens with zero attached hydrogens (tertiary/aromatic N) is 5. The molecule has 1 saturated heterocycles. The summed E-state index contributed by atoms with van der Waals surface area (Å²) in [6.45, 7) is 3.58. The fourth-order valence-corrected chi connectivity index (χ4v) is 4.74. The zero-order chi connectivity index (χ0) is 18.2. The summed E-state index contributed by atoms with van der Waals surface area (Å²) in [6, 6.07) is 14.2. The van der Waals surface area contributed by atoms with Crippen LogP contribution in [0.4, 0.5) is 5.69 Å². The van der Waals surface area contributed by atoms with Crippen LogP contribution in [0.15, 0.2) is 59.5 Å². The SMILES string of the molecule is Oc1c([C@H](c2ccco2)N2CCN(c3ccccc3)CC2)sc2ncnn12. The van der Waals surface area contributed by atoms with Gasteiger partial charge in [-0.3, -0.25) is 4.90 Å². The first-order valence-electron chi connectivity index (χ1n) is 8.90. The molecule has 0 bridgehead atoms. The second kappa shape index (κ2) is 6.71. The van der Waals surface area contributed by atoms with E-state index in [2.05, 4.69) is 44.1 Å². The number of thiazole rings is 1. The highest BCUT2D eigenvalue weighted by atomic mass is 32.1. The summed E-state index contributed by atoms with van der Waals surface area (Å²) in [5.74, 6) is 0.961. The van der Waals surface area contributed by atoms with Gasteiger partial charge in [-0.25, -0.2) is 4.98 Å². The Bertz CT molecular complexity index is 1020. The van der Waals surface area contributed by atoms with Crippen LogP contribution in [0, 0.1) is 0 Å². The quantitative estimate of drug-likeness (QED) is 0.586. The molecule has 1 N–H and O–H groups in total. The van der Waals surface area contributed by atoms with Gasteiger partial charge >= 0.3 is 0 Å². The molecule has 0 unspecified atom stereocenters. The third kappa shape index (κ3) is 2.87. The third-order valence-electron chi connectivity index (χ3n) is 5.00. The maximum absolute atomic E-state index is 10.7. The van der Waals surface area contributed by atoms with Crippen molar-refractivity contribution in [2.24, 2.45) is 0 Å². The number of piperazine rings is 1. The molecule has 0 amide bonds. The van der Waals surface area contributed by atoms with Crippen LogP contribution in [0.2, 0.25) is 0 Å². The van der Waals surface area contributed by atoms with Crippen LogP contribution in [0.3, 0.4) is 0 Å². The van der Waals surface area contributed by atoms with E-state index in [1.165, 1.54) is 27.9 Å². The minimum atomic E-state index is -0.147. The highest BCUT2D eigenvalue weighted by Crippen LogP contribution is 2.40. The van der Waals surface area contributed by atoms with E-state index < -0.39 is 0 Å². The summed E-state index contributed by atoms with van der Waals surface area (Å²) in [7, 11) is 0. The molecule has 7 nitrogen and oxygen atoms in total. The number of para-hydroxylation sites is 1. The molecule has 27 heavy (non-hydrogen) atoms. The Labute approximate surface area is 160 Å². The Morgan fingerprint density at radius 3 is 2.56 bits per heavy atom. The van der Waals surface area contributed by atoms with Crippen molar-refractivity contribution in [1.29, 1.82) is 0 Å². The first-order valence-corrected chi connectivity index (χ1v) is 9.72. The first kappa shape index (κ1) is 16.3. The molecule has 138 valence electrons. The van der Waals surface area contributed by atoms with Gasteiger partial charge in [0.25, 0.3) is 0 Å². The Kier molecular flexibility index (Phi) is 4.06. The van der Waals surface area contributed by atoms with Crippen LogP contribution < -0.4 is 4.90 Å². The Morgan fingerprint density at radius 2 is 1.85 bits per heavy atom. The van der Waals surface area contributed by atoms with Crippen molar-refractivity contribution < 1.29 is 9.52 Å². The van der Waals surface area contributed by atoms with E-state index in [1.807, 2.05) is 18.2 Å². The first-order chi connectivity index (χ1) is 13.3. The molecule has 1 aliphatic heterocycles. The molecule has 1 fully saturated rings. The maximum atomic E-state index is 10.7. The van der Waals surface area contributed by atoms with Crippen LogP contribution in [0.1, 0.15) is 16.7 Å². The minimum absolute atomic E-state index is 0.138. The molecule has 1 aromatic carbocycles. The summed E-state index contributed by atoms with van der Waals surface area (Å²) in [4.78, 5) is 10.4. The van der Waals surface area contributed by atoms with Crippen molar-refractivity contribution in [3.8, 4) is 5.88 Å². The van der Waals surface area contributed by atoms with Crippen molar-refractivity contribution in [2.45, 2.75) is 6.04 Å². The summed E-state index contributed by atoms with van der Waals surface area (Å²) < 4.78 is 7.21. The molecular formula is C19H19N5O2S. The molecule has 5 rings (SSSR count). The second-order valence-corrected chi connectivity index (χ2v) is 7.53. The Balaban J connectivity index is 1.44. The van der Waals surface area contributed by atoms with Crippen LogP contribution in [-0.4, -0.2) is 50.8 Å². The lowest BCUT2D eigenvalue weighted by Crippen LogP contribution is -2.47. The van der Waals surface area contributed by atoms with E-state index in [9.17, 15) is 5.11 Å². The number of anilines is 1. The van der Waals surface area contributed by atoms with Gasteiger partial charge in [0.2, 0.25) is 10.8 Å². The molecule has 3 aromatic heterocycles. The molecule has 4 aromatic rings. The van der Waals surface area contributed by atoms with Crippen LogP contribution in [0.5, 0.6) is 5.88 Å². The zero-order valence-electron chi connectivity index (χ0n) is 14.6. The van der Waals surface area contributed by atoms with E-state index in [4.69, 9.17) is 4.42 Å². The third-order valence-corrected chi connectivity index (χ3v) is 6.09. The smallest absolute Gasteiger partial charge is 0.230 e. The number of aromatic hydroxyl groups is 1. The summed E-state index contributed by atoms with van der Waals surface area (Å²) in [6.07, 6.45) is 3.13. The lowest BCUT2D eigenvalue weighted by molar-refractivity contribution is 0.191. The average molecular weight is 381 g/mol. The van der Waals surface area contributed by atoms with Gasteiger partial charge in [-0.05, 0) is 24.3 Å². The van der Waals surface area contributed by atoms with Gasteiger partial charge in [-0.1, -0.05) is 29.5 Å². The van der Waals surface area contributed by atoms with Gasteiger partial charge in [-0.2, -0.15) is 9.61 Å². The van der Waals surface area contributed by atoms with E-state index in [0.29, 0.717) is 4.96 Å². The number of fused-ring (bicyclic) bond motifs is 1. The van der Waals surface area contributed by atoms with Crippen LogP contribution >= 0.6 is 11.3 Å². The average Bonchev–Trinajstić information content (AvgIpc) is 3.45. The highest BCUT2D eigenvalue weighted by Gasteiger charge is 2.33. The number of hydrogen-bond acceptors (Lipinski definition) is 7. The number of rotatable bonds is 4. The van der Waals surface area contributed by atoms with Gasteiger partial charge < -0.3 is 14.4 Å². The van der Waals surface area contributed by atoms with Crippen molar-refractivity contribution in [3.63, 3.8) is 0 Å². The number of aromatic nitrogens is 3. The topological polar surface area (TPSA) is 70.0 Å². The number of furan rings is 1. The summed E-state index contributed by atoms with van der Waals surface area (Å²) >= 11 is 1.45. The van der Waals surface area contributed by atoms with E-state index >= 15 is 0 Å². The zero-order valence-corrected chi connectivity index (χ0v) is 15.4. The van der Waals surface area contributed by atoms with Gasteiger partial charge in [0.1, 0.15) is 18.1 Å². The van der Waals surface area contributed by atoms with Gasteiger partial charge in [0.05, 0.1) is 11.1 Å². The molecular weight excluding hydrogens is 362 g/mol. The summed E-state index contributed by atoms with van der Waals surface area (Å²) in [5.41, 5.74) is 1.24. The molecule has 0 saturated carbocycles. The predicted molar refractivity (Wildman–Crippen MR) is 103 cm³/mol. The van der Waals surface area contributed by atoms with E-state index in [-0.39, 0.29) is 11.9 Å². The lowest BCUT2D eigenvalue weighted by Gasteiger charge is -2.39. The fraction of sp³-hybridized carbons (Fsp3) is 0.263. The Hall–Kier alpha value is -2.84. The Morgan fingerprint density at radius 1 is 1.04 bits per heavy atom. The van der Waals surface area contributed by atoms with Crippen molar-refractivity contribution in [2.75, 3.05) is 31.1 Å². The highest BCUT2D eigenvalue weighted by molar-refractivity contribution is 7.17. The predicted octanol–water partition coefficient (Wildman–Crippen LogP) is 3.00. The van der Waals surface area contributed by atoms with Gasteiger partial charge in [0.15, 0.2) is 0 Å². The van der Waals surface area contributed by atoms with Gasteiger partial charge in [0, 0.05) is 31.9 Å². The number of hydrogen-bond donors (Lipinski definition) is 1. The van der Waals surface area contributed by atoms with E-state index in [1.54, 1.807) is 6.26 Å². The molecule has 1 atom stereocenters.